The minimum absolute atomic E-state index is 0.391. The van der Waals surface area contributed by atoms with Crippen LogP contribution in [0.4, 0.5) is 0 Å². The number of carbonyl (C=O) groups is 1. The molecule has 4 atom stereocenters. The number of allylic oxidation sites excluding steroid dienone is 2. The van der Waals surface area contributed by atoms with Crippen LogP contribution in [0.15, 0.2) is 11.6 Å². The average Bonchev–Trinajstić information content (AvgIpc) is 2.81. The Morgan fingerprint density at radius 3 is 2.74 bits per heavy atom. The van der Waals surface area contributed by atoms with Crippen molar-refractivity contribution in [2.75, 3.05) is 0 Å². The highest BCUT2D eigenvalue weighted by molar-refractivity contribution is 5.66. The minimum Gasteiger partial charge on any atom is -0.390 e. The Morgan fingerprint density at radius 2 is 2.13 bits per heavy atom. The van der Waals surface area contributed by atoms with E-state index in [0.29, 0.717) is 11.3 Å². The van der Waals surface area contributed by atoms with Crippen LogP contribution in [0.5, 0.6) is 0 Å². The molecule has 3 unspecified atom stereocenters. The van der Waals surface area contributed by atoms with Gasteiger partial charge in [0.2, 0.25) is 0 Å². The Balaban J connectivity index is 2.06. The first-order valence-electron chi connectivity index (χ1n) is 9.68. The molecule has 0 spiro atoms. The zero-order chi connectivity index (χ0) is 17.1. The number of carbonyl (C=O) groups excluding carboxylic acids is 1. The molecule has 132 valence electrons. The van der Waals surface area contributed by atoms with Gasteiger partial charge in [-0.2, -0.15) is 0 Å². The van der Waals surface area contributed by atoms with Crippen LogP contribution in [0, 0.1) is 23.2 Å². The fourth-order valence-electron chi connectivity index (χ4n) is 5.63. The van der Waals surface area contributed by atoms with E-state index in [1.54, 1.807) is 0 Å². The second kappa shape index (κ2) is 7.51. The van der Waals surface area contributed by atoms with Crippen LogP contribution in [0.25, 0.3) is 0 Å². The number of fused-ring (bicyclic) bond motifs is 1. The van der Waals surface area contributed by atoms with Gasteiger partial charge in [0.1, 0.15) is 6.29 Å². The zero-order valence-electron chi connectivity index (χ0n) is 15.6. The van der Waals surface area contributed by atoms with Crippen molar-refractivity contribution in [2.24, 2.45) is 23.2 Å². The van der Waals surface area contributed by atoms with Gasteiger partial charge < -0.3 is 5.11 Å². The summed E-state index contributed by atoms with van der Waals surface area (Å²) < 4.78 is 0. The molecule has 2 aliphatic carbocycles. The molecule has 2 nitrogen and oxygen atoms in total. The Kier molecular flexibility index (Phi) is 6.10. The molecule has 0 aromatic carbocycles. The standard InChI is InChI=1S/C21H36O2/c1-5-16(8-6-13-20(2,3)23)18-10-11-19-17(12-15-22)9-7-14-21(18,19)4/h12,15-16,18-19,23H,5-11,13-14H2,1-4H3/b17-12+/t16-,18?,19?,21?/m1/s1. The molecule has 2 fully saturated rings. The molecular formula is C21H36O2. The van der Waals surface area contributed by atoms with Gasteiger partial charge in [0.25, 0.3) is 0 Å². The summed E-state index contributed by atoms with van der Waals surface area (Å²) in [5.41, 5.74) is 1.27. The quantitative estimate of drug-likeness (QED) is 0.511. The number of aldehydes is 1. The maximum absolute atomic E-state index is 11.0. The van der Waals surface area contributed by atoms with Crippen LogP contribution >= 0.6 is 0 Å². The van der Waals surface area contributed by atoms with Crippen LogP contribution in [-0.2, 0) is 4.79 Å². The van der Waals surface area contributed by atoms with E-state index >= 15 is 0 Å². The summed E-state index contributed by atoms with van der Waals surface area (Å²) in [6, 6.07) is 0. The summed E-state index contributed by atoms with van der Waals surface area (Å²) in [4.78, 5) is 11.0. The van der Waals surface area contributed by atoms with Crippen LogP contribution < -0.4 is 0 Å². The van der Waals surface area contributed by atoms with Gasteiger partial charge in [-0.15, -0.1) is 0 Å². The van der Waals surface area contributed by atoms with Crippen molar-refractivity contribution in [1.29, 1.82) is 0 Å². The van der Waals surface area contributed by atoms with E-state index in [0.717, 1.165) is 37.4 Å². The van der Waals surface area contributed by atoms with Crippen molar-refractivity contribution in [3.05, 3.63) is 11.6 Å². The Morgan fingerprint density at radius 1 is 1.39 bits per heavy atom. The van der Waals surface area contributed by atoms with Crippen molar-refractivity contribution in [1.82, 2.24) is 0 Å². The third-order valence-electron chi connectivity index (χ3n) is 6.78. The van der Waals surface area contributed by atoms with Crippen molar-refractivity contribution in [2.45, 2.75) is 91.1 Å². The monoisotopic (exact) mass is 320 g/mol. The van der Waals surface area contributed by atoms with E-state index in [1.807, 2.05) is 19.9 Å². The Bertz CT molecular complexity index is 432. The number of rotatable bonds is 7. The molecule has 0 aliphatic heterocycles. The lowest BCUT2D eigenvalue weighted by atomic mass is 9.60. The van der Waals surface area contributed by atoms with E-state index in [-0.39, 0.29) is 0 Å². The van der Waals surface area contributed by atoms with Crippen LogP contribution in [0.1, 0.15) is 85.5 Å². The SMILES string of the molecule is CC[C@H](CCCC(C)(C)O)C1CCC2/C(=C/C=O)CCCC21C. The highest BCUT2D eigenvalue weighted by Crippen LogP contribution is 2.60. The molecule has 0 aromatic rings. The summed E-state index contributed by atoms with van der Waals surface area (Å²) in [5, 5.41) is 9.96. The third-order valence-corrected chi connectivity index (χ3v) is 6.78. The molecule has 2 rings (SSSR count). The largest absolute Gasteiger partial charge is 0.390 e. The summed E-state index contributed by atoms with van der Waals surface area (Å²) >= 11 is 0. The van der Waals surface area contributed by atoms with E-state index < -0.39 is 5.60 Å². The van der Waals surface area contributed by atoms with E-state index in [9.17, 15) is 9.90 Å². The lowest BCUT2D eigenvalue weighted by molar-refractivity contribution is -0.104. The molecule has 0 amide bonds. The molecule has 0 heterocycles. The van der Waals surface area contributed by atoms with Gasteiger partial charge in [-0.25, -0.2) is 0 Å². The first kappa shape index (κ1) is 18.7. The Hall–Kier alpha value is -0.630. The first-order valence-corrected chi connectivity index (χ1v) is 9.68. The normalized spacial score (nSPS) is 34.4. The molecule has 2 aliphatic rings. The van der Waals surface area contributed by atoms with Gasteiger partial charge in [-0.1, -0.05) is 38.7 Å². The van der Waals surface area contributed by atoms with Gasteiger partial charge in [0, 0.05) is 0 Å². The molecule has 1 N–H and O–H groups in total. The second-order valence-electron chi connectivity index (χ2n) is 8.85. The molecular weight excluding hydrogens is 284 g/mol. The number of hydrogen-bond donors (Lipinski definition) is 1. The second-order valence-corrected chi connectivity index (χ2v) is 8.85. The topological polar surface area (TPSA) is 37.3 Å². The third kappa shape index (κ3) is 4.26. The van der Waals surface area contributed by atoms with Gasteiger partial charge in [-0.05, 0) is 81.6 Å². The van der Waals surface area contributed by atoms with Crippen molar-refractivity contribution < 1.29 is 9.90 Å². The van der Waals surface area contributed by atoms with Crippen molar-refractivity contribution in [3.8, 4) is 0 Å². The summed E-state index contributed by atoms with van der Waals surface area (Å²) in [6.07, 6.45) is 13.6. The molecule has 0 aromatic heterocycles. The van der Waals surface area contributed by atoms with Gasteiger partial charge in [0.05, 0.1) is 5.60 Å². The van der Waals surface area contributed by atoms with Crippen LogP contribution in [0.3, 0.4) is 0 Å². The first-order chi connectivity index (χ1) is 10.8. The molecule has 0 radical (unpaired) electrons. The smallest absolute Gasteiger partial charge is 0.142 e. The van der Waals surface area contributed by atoms with Gasteiger partial charge in [-0.3, -0.25) is 4.79 Å². The molecule has 0 bridgehead atoms. The highest BCUT2D eigenvalue weighted by atomic mass is 16.3. The maximum atomic E-state index is 11.0. The predicted octanol–water partition coefficient (Wildman–Crippen LogP) is 5.30. The van der Waals surface area contributed by atoms with E-state index in [2.05, 4.69) is 13.8 Å². The zero-order valence-corrected chi connectivity index (χ0v) is 15.6. The van der Waals surface area contributed by atoms with Crippen LogP contribution in [0.2, 0.25) is 0 Å². The van der Waals surface area contributed by atoms with E-state index in [1.165, 1.54) is 44.1 Å². The minimum atomic E-state index is -0.537. The number of hydrogen-bond acceptors (Lipinski definition) is 2. The lowest BCUT2D eigenvalue weighted by Gasteiger charge is -2.45. The van der Waals surface area contributed by atoms with Crippen molar-refractivity contribution >= 4 is 6.29 Å². The molecule has 2 heteroatoms. The average molecular weight is 321 g/mol. The fraction of sp³-hybridized carbons (Fsp3) is 0.857. The summed E-state index contributed by atoms with van der Waals surface area (Å²) in [7, 11) is 0. The van der Waals surface area contributed by atoms with Gasteiger partial charge in [0.15, 0.2) is 0 Å². The molecule has 23 heavy (non-hydrogen) atoms. The maximum Gasteiger partial charge on any atom is 0.142 e. The lowest BCUT2D eigenvalue weighted by Crippen LogP contribution is -2.36. The molecule has 0 saturated heterocycles. The van der Waals surface area contributed by atoms with E-state index in [4.69, 9.17) is 0 Å². The summed E-state index contributed by atoms with van der Waals surface area (Å²) in [6.45, 7) is 8.65. The predicted molar refractivity (Wildman–Crippen MR) is 96.2 cm³/mol. The van der Waals surface area contributed by atoms with Crippen LogP contribution in [-0.4, -0.2) is 17.0 Å². The molecule has 2 saturated carbocycles. The highest BCUT2D eigenvalue weighted by Gasteiger charge is 2.50. The van der Waals surface area contributed by atoms with Gasteiger partial charge >= 0.3 is 0 Å². The van der Waals surface area contributed by atoms with Crippen molar-refractivity contribution in [3.63, 3.8) is 0 Å². The number of aliphatic hydroxyl groups is 1. The Labute approximate surface area is 142 Å². The fourth-order valence-corrected chi connectivity index (χ4v) is 5.63. The summed E-state index contributed by atoms with van der Waals surface area (Å²) in [5.74, 6) is 2.19.